The molecule has 0 atom stereocenters. The number of aryl methyl sites for hydroxylation is 3. The molecular weight excluding hydrogens is 324 g/mol. The van der Waals surface area contributed by atoms with Crippen molar-refractivity contribution < 1.29 is 9.90 Å². The van der Waals surface area contributed by atoms with E-state index in [1.165, 1.54) is 11.3 Å². The Labute approximate surface area is 143 Å². The summed E-state index contributed by atoms with van der Waals surface area (Å²) < 4.78 is 1.75. The molecule has 7 heteroatoms. The van der Waals surface area contributed by atoms with Crippen LogP contribution >= 0.6 is 11.3 Å². The van der Waals surface area contributed by atoms with E-state index >= 15 is 0 Å². The number of rotatable bonds is 4. The lowest BCUT2D eigenvalue weighted by Gasteiger charge is -2.01. The zero-order chi connectivity index (χ0) is 17.3. The molecule has 1 amide bonds. The molecule has 3 aromatic rings. The van der Waals surface area contributed by atoms with Gasteiger partial charge in [-0.1, -0.05) is 11.6 Å². The predicted molar refractivity (Wildman–Crippen MR) is 94.1 cm³/mol. The third-order valence-electron chi connectivity index (χ3n) is 3.74. The number of fused-ring (bicyclic) bond motifs is 1. The van der Waals surface area contributed by atoms with Gasteiger partial charge in [0.2, 0.25) is 5.88 Å². The summed E-state index contributed by atoms with van der Waals surface area (Å²) in [6.07, 6.45) is 0.111. The molecule has 0 unspecified atom stereocenters. The first-order chi connectivity index (χ1) is 11.5. The lowest BCUT2D eigenvalue weighted by Crippen LogP contribution is -1.98. The van der Waals surface area contributed by atoms with Crippen molar-refractivity contribution in [1.29, 1.82) is 0 Å². The van der Waals surface area contributed by atoms with Gasteiger partial charge in [-0.25, -0.2) is 4.98 Å². The van der Waals surface area contributed by atoms with Crippen molar-refractivity contribution in [2.75, 3.05) is 0 Å². The molecule has 1 aromatic carbocycles. The van der Waals surface area contributed by atoms with Gasteiger partial charge >= 0.3 is 0 Å². The van der Waals surface area contributed by atoms with Gasteiger partial charge in [-0.3, -0.25) is 4.79 Å². The second kappa shape index (κ2) is 6.52. The summed E-state index contributed by atoms with van der Waals surface area (Å²) in [5.41, 5.74) is 2.95. The maximum absolute atomic E-state index is 12.0. The number of hydrogen-bond donors (Lipinski definition) is 1. The van der Waals surface area contributed by atoms with Gasteiger partial charge in [-0.05, 0) is 32.9 Å². The molecule has 0 fully saturated rings. The van der Waals surface area contributed by atoms with Crippen LogP contribution in [0.4, 0.5) is 5.69 Å². The lowest BCUT2D eigenvalue weighted by atomic mass is 10.1. The van der Waals surface area contributed by atoms with Crippen LogP contribution in [0.25, 0.3) is 10.9 Å². The summed E-state index contributed by atoms with van der Waals surface area (Å²) in [7, 11) is 0. The number of carbonyl (C=O) groups is 1. The monoisotopic (exact) mass is 342 g/mol. The molecule has 0 spiro atoms. The molecule has 0 aliphatic rings. The van der Waals surface area contributed by atoms with Crippen LogP contribution in [0.5, 0.6) is 5.88 Å². The van der Waals surface area contributed by atoms with Crippen LogP contribution in [-0.4, -0.2) is 20.6 Å². The number of aromatic nitrogens is 2. The molecule has 3 rings (SSSR count). The Morgan fingerprint density at radius 3 is 2.83 bits per heavy atom. The smallest absolute Gasteiger partial charge is 0.270 e. The first-order valence-corrected chi connectivity index (χ1v) is 8.55. The Morgan fingerprint density at radius 1 is 1.38 bits per heavy atom. The molecule has 0 aliphatic carbocycles. The van der Waals surface area contributed by atoms with Crippen molar-refractivity contribution in [3.63, 3.8) is 0 Å². The number of thiazole rings is 1. The summed E-state index contributed by atoms with van der Waals surface area (Å²) in [5, 5.41) is 21.7. The van der Waals surface area contributed by atoms with Gasteiger partial charge in [-0.15, -0.1) is 21.6 Å². The Hall–Kier alpha value is -2.54. The molecule has 2 aromatic heterocycles. The topological polar surface area (TPSA) is 79.8 Å². The summed E-state index contributed by atoms with van der Waals surface area (Å²) >= 11 is 1.49. The second-order valence-electron chi connectivity index (χ2n) is 5.57. The fraction of sp³-hybridized carbons (Fsp3) is 0.294. The third-order valence-corrected chi connectivity index (χ3v) is 4.56. The molecule has 1 N–H and O–H groups in total. The van der Waals surface area contributed by atoms with E-state index in [-0.39, 0.29) is 18.2 Å². The predicted octanol–water partition coefficient (Wildman–Crippen LogP) is 4.29. The number of benzene rings is 1. The SMILES string of the molecule is CCn1c(O)c(N=NC(=O)Cc2csc(C)n2)c2cc(C)ccc21. The van der Waals surface area contributed by atoms with Crippen molar-refractivity contribution in [2.24, 2.45) is 10.2 Å². The summed E-state index contributed by atoms with van der Waals surface area (Å²) in [4.78, 5) is 16.2. The number of nitrogens with zero attached hydrogens (tertiary/aromatic N) is 4. The summed E-state index contributed by atoms with van der Waals surface area (Å²) in [6.45, 7) is 6.40. The first-order valence-electron chi connectivity index (χ1n) is 7.67. The van der Waals surface area contributed by atoms with E-state index in [1.807, 2.05) is 44.4 Å². The van der Waals surface area contributed by atoms with E-state index in [4.69, 9.17) is 0 Å². The average Bonchev–Trinajstić information content (AvgIpc) is 3.05. The zero-order valence-corrected chi connectivity index (χ0v) is 14.6. The minimum atomic E-state index is -0.384. The van der Waals surface area contributed by atoms with Gasteiger partial charge in [0.1, 0.15) is 0 Å². The molecule has 6 nitrogen and oxygen atoms in total. The van der Waals surface area contributed by atoms with Crippen LogP contribution in [0.15, 0.2) is 33.8 Å². The number of amides is 1. The van der Waals surface area contributed by atoms with Gasteiger partial charge in [0.25, 0.3) is 5.91 Å². The molecule has 0 radical (unpaired) electrons. The van der Waals surface area contributed by atoms with Crippen LogP contribution < -0.4 is 0 Å². The lowest BCUT2D eigenvalue weighted by molar-refractivity contribution is -0.117. The molecule has 124 valence electrons. The van der Waals surface area contributed by atoms with Crippen LogP contribution in [-0.2, 0) is 17.8 Å². The normalized spacial score (nSPS) is 11.6. The molecule has 0 aliphatic heterocycles. The van der Waals surface area contributed by atoms with E-state index in [1.54, 1.807) is 4.57 Å². The molecule has 24 heavy (non-hydrogen) atoms. The van der Waals surface area contributed by atoms with Gasteiger partial charge < -0.3 is 9.67 Å². The highest BCUT2D eigenvalue weighted by Gasteiger charge is 2.16. The standard InChI is InChI=1S/C17H18N4O2S/c1-4-21-14-6-5-10(2)7-13(14)16(17(21)23)20-19-15(22)8-12-9-24-11(3)18-12/h5-7,9,23H,4,8H2,1-3H3. The maximum Gasteiger partial charge on any atom is 0.270 e. The van der Waals surface area contributed by atoms with Gasteiger partial charge in [0, 0.05) is 17.3 Å². The molecular formula is C17H18N4O2S. The van der Waals surface area contributed by atoms with E-state index in [0.29, 0.717) is 17.9 Å². The van der Waals surface area contributed by atoms with Crippen LogP contribution in [0, 0.1) is 13.8 Å². The van der Waals surface area contributed by atoms with Gasteiger partial charge in [-0.2, -0.15) is 0 Å². The van der Waals surface area contributed by atoms with Crippen molar-refractivity contribution in [2.45, 2.75) is 33.7 Å². The number of hydrogen-bond acceptors (Lipinski definition) is 5. The minimum Gasteiger partial charge on any atom is -0.493 e. The van der Waals surface area contributed by atoms with Crippen molar-refractivity contribution in [1.82, 2.24) is 9.55 Å². The highest BCUT2D eigenvalue weighted by Crippen LogP contribution is 2.39. The van der Waals surface area contributed by atoms with Crippen LogP contribution in [0.2, 0.25) is 0 Å². The Balaban J connectivity index is 1.92. The molecule has 0 saturated carbocycles. The van der Waals surface area contributed by atoms with Gasteiger partial charge in [0.15, 0.2) is 5.69 Å². The summed E-state index contributed by atoms with van der Waals surface area (Å²) in [6, 6.07) is 5.85. The van der Waals surface area contributed by atoms with Crippen molar-refractivity contribution >= 4 is 33.8 Å². The third kappa shape index (κ3) is 3.07. The highest BCUT2D eigenvalue weighted by molar-refractivity contribution is 7.09. The quantitative estimate of drug-likeness (QED) is 0.718. The fourth-order valence-electron chi connectivity index (χ4n) is 2.64. The van der Waals surface area contributed by atoms with E-state index in [2.05, 4.69) is 15.2 Å². The number of azo groups is 1. The van der Waals surface area contributed by atoms with E-state index in [9.17, 15) is 9.90 Å². The molecule has 2 heterocycles. The second-order valence-corrected chi connectivity index (χ2v) is 6.63. The average molecular weight is 342 g/mol. The van der Waals surface area contributed by atoms with Crippen molar-refractivity contribution in [3.05, 3.63) is 39.8 Å². The summed E-state index contributed by atoms with van der Waals surface area (Å²) in [5.74, 6) is -0.357. The van der Waals surface area contributed by atoms with E-state index in [0.717, 1.165) is 21.5 Å². The highest BCUT2D eigenvalue weighted by atomic mass is 32.1. The molecule has 0 bridgehead atoms. The zero-order valence-electron chi connectivity index (χ0n) is 13.8. The Kier molecular flexibility index (Phi) is 4.44. The van der Waals surface area contributed by atoms with Crippen molar-refractivity contribution in [3.8, 4) is 5.88 Å². The minimum absolute atomic E-state index is 0.0270. The number of carbonyl (C=O) groups excluding carboxylic acids is 1. The largest absolute Gasteiger partial charge is 0.493 e. The first kappa shape index (κ1) is 16.3. The van der Waals surface area contributed by atoms with Gasteiger partial charge in [0.05, 0.1) is 22.6 Å². The fourth-order valence-corrected chi connectivity index (χ4v) is 3.25. The molecule has 0 saturated heterocycles. The van der Waals surface area contributed by atoms with Crippen LogP contribution in [0.3, 0.4) is 0 Å². The Bertz CT molecular complexity index is 940. The van der Waals surface area contributed by atoms with Crippen LogP contribution in [0.1, 0.15) is 23.2 Å². The van der Waals surface area contributed by atoms with E-state index < -0.39 is 0 Å². The Morgan fingerprint density at radius 2 is 2.17 bits per heavy atom. The number of aromatic hydroxyl groups is 1. The maximum atomic E-state index is 12.0.